The second-order valence-electron chi connectivity index (χ2n) is 5.31. The largest absolute Gasteiger partial charge is 0.345 e. The van der Waals surface area contributed by atoms with Crippen molar-refractivity contribution < 1.29 is 9.63 Å². The maximum atomic E-state index is 12.4. The van der Waals surface area contributed by atoms with E-state index in [0.717, 1.165) is 17.0 Å². The van der Waals surface area contributed by atoms with E-state index in [1.165, 1.54) is 5.06 Å². The Morgan fingerprint density at radius 2 is 2.14 bits per heavy atom. The van der Waals surface area contributed by atoms with E-state index in [1.807, 2.05) is 37.4 Å². The van der Waals surface area contributed by atoms with E-state index >= 15 is 0 Å². The van der Waals surface area contributed by atoms with Gasteiger partial charge in [0.15, 0.2) is 0 Å². The Hall–Kier alpha value is -2.41. The van der Waals surface area contributed by atoms with Gasteiger partial charge in [0.25, 0.3) is 0 Å². The summed E-state index contributed by atoms with van der Waals surface area (Å²) in [7, 11) is 1.84. The molecule has 1 saturated heterocycles. The van der Waals surface area contributed by atoms with Gasteiger partial charge in [0, 0.05) is 7.05 Å². The molecule has 0 N–H and O–H groups in total. The number of amides is 2. The fraction of sp³-hybridized carbons (Fsp3) is 0.357. The van der Waals surface area contributed by atoms with E-state index in [-0.39, 0.29) is 12.1 Å². The van der Waals surface area contributed by atoms with Crippen LogP contribution in [0.3, 0.4) is 0 Å². The minimum Gasteiger partial charge on any atom is -0.314 e. The quantitative estimate of drug-likeness (QED) is 0.851. The van der Waals surface area contributed by atoms with Crippen LogP contribution in [0.15, 0.2) is 30.3 Å². The Morgan fingerprint density at radius 1 is 1.33 bits per heavy atom. The molecular formula is C14H15N5O2. The summed E-state index contributed by atoms with van der Waals surface area (Å²) in [6.07, 6.45) is 0. The zero-order chi connectivity index (χ0) is 14.4. The molecule has 4 rings (SSSR count). The third-order valence-corrected chi connectivity index (χ3v) is 3.98. The molecule has 2 amide bonds. The lowest BCUT2D eigenvalue weighted by Gasteiger charge is -2.21. The highest BCUT2D eigenvalue weighted by atomic mass is 16.7. The predicted octanol–water partition coefficient (Wildman–Crippen LogP) is 1.24. The van der Waals surface area contributed by atoms with Crippen molar-refractivity contribution in [2.45, 2.75) is 19.2 Å². The molecule has 0 radical (unpaired) electrons. The van der Waals surface area contributed by atoms with Gasteiger partial charge in [-0.05, 0) is 5.56 Å². The van der Waals surface area contributed by atoms with E-state index in [4.69, 9.17) is 4.84 Å². The average molecular weight is 285 g/mol. The molecule has 1 aromatic heterocycles. The lowest BCUT2D eigenvalue weighted by Crippen LogP contribution is -2.30. The Bertz CT molecular complexity index is 684. The fourth-order valence-electron chi connectivity index (χ4n) is 2.84. The first-order valence-corrected chi connectivity index (χ1v) is 6.87. The van der Waals surface area contributed by atoms with Crippen molar-refractivity contribution in [2.24, 2.45) is 7.05 Å². The van der Waals surface area contributed by atoms with Gasteiger partial charge in [-0.1, -0.05) is 35.5 Å². The lowest BCUT2D eigenvalue weighted by atomic mass is 10.1. The van der Waals surface area contributed by atoms with Crippen LogP contribution < -0.4 is 0 Å². The van der Waals surface area contributed by atoms with E-state index in [1.54, 1.807) is 9.58 Å². The maximum Gasteiger partial charge on any atom is 0.345 e. The van der Waals surface area contributed by atoms with Crippen LogP contribution in [0.1, 0.15) is 23.0 Å². The van der Waals surface area contributed by atoms with Gasteiger partial charge in [-0.25, -0.2) is 4.79 Å². The van der Waals surface area contributed by atoms with Crippen molar-refractivity contribution in [1.29, 1.82) is 0 Å². The molecule has 0 spiro atoms. The van der Waals surface area contributed by atoms with E-state index < -0.39 is 0 Å². The van der Waals surface area contributed by atoms with Crippen LogP contribution in [0.25, 0.3) is 0 Å². The van der Waals surface area contributed by atoms with Crippen LogP contribution in [0.4, 0.5) is 4.79 Å². The van der Waals surface area contributed by atoms with Gasteiger partial charge < -0.3 is 4.90 Å². The molecule has 3 heterocycles. The minimum absolute atomic E-state index is 0.103. The summed E-state index contributed by atoms with van der Waals surface area (Å²) >= 11 is 0. The Labute approximate surface area is 121 Å². The van der Waals surface area contributed by atoms with Crippen molar-refractivity contribution in [3.8, 4) is 0 Å². The number of nitrogens with zero attached hydrogens (tertiary/aromatic N) is 5. The molecule has 1 atom stereocenters. The molecule has 108 valence electrons. The number of fused-ring (bicyclic) bond motifs is 4. The summed E-state index contributed by atoms with van der Waals surface area (Å²) in [5.74, 6) is 0. The van der Waals surface area contributed by atoms with Crippen LogP contribution in [-0.4, -0.2) is 37.5 Å². The van der Waals surface area contributed by atoms with E-state index in [9.17, 15) is 4.79 Å². The first kappa shape index (κ1) is 12.3. The number of carbonyl (C=O) groups excluding carboxylic acids is 1. The van der Waals surface area contributed by atoms with Gasteiger partial charge in [-0.2, -0.15) is 5.06 Å². The molecule has 21 heavy (non-hydrogen) atoms. The van der Waals surface area contributed by atoms with Gasteiger partial charge in [0.2, 0.25) is 0 Å². The number of hydroxylamine groups is 2. The Balaban J connectivity index is 1.57. The third-order valence-electron chi connectivity index (χ3n) is 3.98. The van der Waals surface area contributed by atoms with Gasteiger partial charge in [0.1, 0.15) is 18.3 Å². The molecule has 2 aliphatic rings. The monoisotopic (exact) mass is 285 g/mol. The second kappa shape index (κ2) is 4.56. The van der Waals surface area contributed by atoms with Gasteiger partial charge in [0.05, 0.1) is 18.8 Å². The zero-order valence-corrected chi connectivity index (χ0v) is 11.6. The van der Waals surface area contributed by atoms with E-state index in [2.05, 4.69) is 10.3 Å². The van der Waals surface area contributed by atoms with Gasteiger partial charge in [-0.3, -0.25) is 9.52 Å². The number of carbonyl (C=O) groups is 1. The second-order valence-corrected chi connectivity index (χ2v) is 5.31. The summed E-state index contributed by atoms with van der Waals surface area (Å²) in [4.78, 5) is 19.9. The van der Waals surface area contributed by atoms with Crippen molar-refractivity contribution >= 4 is 6.03 Å². The van der Waals surface area contributed by atoms with Gasteiger partial charge >= 0.3 is 6.03 Å². The van der Waals surface area contributed by atoms with Crippen LogP contribution >= 0.6 is 0 Å². The van der Waals surface area contributed by atoms with Crippen molar-refractivity contribution in [2.75, 3.05) is 6.54 Å². The number of benzene rings is 1. The Morgan fingerprint density at radius 3 is 2.95 bits per heavy atom. The zero-order valence-electron chi connectivity index (χ0n) is 11.6. The summed E-state index contributed by atoms with van der Waals surface area (Å²) in [5, 5.41) is 9.67. The number of hydrogen-bond donors (Lipinski definition) is 0. The number of aromatic nitrogens is 3. The SMILES string of the molecule is Cn1nnc2c1CN1CC2N(OCc2ccccc2)C1=O. The molecule has 2 bridgehead atoms. The first-order valence-electron chi connectivity index (χ1n) is 6.87. The van der Waals surface area contributed by atoms with Crippen molar-refractivity contribution in [3.05, 3.63) is 47.3 Å². The minimum atomic E-state index is -0.168. The normalized spacial score (nSPS) is 20.0. The molecular weight excluding hydrogens is 270 g/mol. The maximum absolute atomic E-state index is 12.4. The fourth-order valence-corrected chi connectivity index (χ4v) is 2.84. The highest BCUT2D eigenvalue weighted by molar-refractivity contribution is 5.77. The number of aryl methyl sites for hydroxylation is 1. The molecule has 1 fully saturated rings. The lowest BCUT2D eigenvalue weighted by molar-refractivity contribution is -0.142. The average Bonchev–Trinajstić information content (AvgIpc) is 3.00. The molecule has 0 aliphatic carbocycles. The number of hydrogen-bond acceptors (Lipinski definition) is 4. The van der Waals surface area contributed by atoms with Crippen LogP contribution in [0.2, 0.25) is 0 Å². The highest BCUT2D eigenvalue weighted by Crippen LogP contribution is 2.36. The first-order chi connectivity index (χ1) is 10.2. The van der Waals surface area contributed by atoms with Crippen LogP contribution in [-0.2, 0) is 25.0 Å². The molecule has 1 aromatic carbocycles. The van der Waals surface area contributed by atoms with Crippen molar-refractivity contribution in [1.82, 2.24) is 25.0 Å². The Kier molecular flexibility index (Phi) is 2.68. The molecule has 1 unspecified atom stereocenters. The summed E-state index contributed by atoms with van der Waals surface area (Å²) < 4.78 is 1.72. The molecule has 7 nitrogen and oxygen atoms in total. The number of rotatable bonds is 3. The summed E-state index contributed by atoms with van der Waals surface area (Å²) in [6, 6.07) is 9.53. The summed E-state index contributed by atoms with van der Waals surface area (Å²) in [5.41, 5.74) is 2.85. The molecule has 2 aliphatic heterocycles. The summed E-state index contributed by atoms with van der Waals surface area (Å²) in [6.45, 7) is 1.52. The molecule has 7 heteroatoms. The predicted molar refractivity (Wildman–Crippen MR) is 72.6 cm³/mol. The third kappa shape index (κ3) is 1.89. The van der Waals surface area contributed by atoms with E-state index in [0.29, 0.717) is 19.7 Å². The topological polar surface area (TPSA) is 63.5 Å². The smallest absolute Gasteiger partial charge is 0.314 e. The highest BCUT2D eigenvalue weighted by Gasteiger charge is 2.46. The van der Waals surface area contributed by atoms with Crippen LogP contribution in [0, 0.1) is 0 Å². The molecule has 2 aromatic rings. The standard InChI is InChI=1S/C14H15N5O2/c1-17-11-7-18-8-12(13(11)15-16-17)19(14(18)20)21-9-10-5-3-2-4-6-10/h2-6,12H,7-9H2,1H3. The number of urea groups is 1. The van der Waals surface area contributed by atoms with Gasteiger partial charge in [-0.15, -0.1) is 5.10 Å². The molecule has 0 saturated carbocycles. The van der Waals surface area contributed by atoms with Crippen molar-refractivity contribution in [3.63, 3.8) is 0 Å². The van der Waals surface area contributed by atoms with Crippen LogP contribution in [0.5, 0.6) is 0 Å².